The summed E-state index contributed by atoms with van der Waals surface area (Å²) in [7, 11) is 0. The summed E-state index contributed by atoms with van der Waals surface area (Å²) in [6.07, 6.45) is 1.87. The molecule has 2 aliphatic rings. The van der Waals surface area contributed by atoms with E-state index in [1.165, 1.54) is 23.9 Å². The van der Waals surface area contributed by atoms with Gasteiger partial charge in [-0.3, -0.25) is 4.79 Å². The molecule has 0 radical (unpaired) electrons. The minimum Gasteiger partial charge on any atom is -0.494 e. The third-order valence-electron chi connectivity index (χ3n) is 4.84. The number of piperazine rings is 1. The van der Waals surface area contributed by atoms with Gasteiger partial charge in [-0.2, -0.15) is 4.99 Å². The maximum atomic E-state index is 13.1. The molecule has 0 atom stereocenters. The van der Waals surface area contributed by atoms with Gasteiger partial charge in [-0.25, -0.2) is 4.39 Å². The summed E-state index contributed by atoms with van der Waals surface area (Å²) in [5.74, 6) is 0.394. The predicted molar refractivity (Wildman–Crippen MR) is 116 cm³/mol. The van der Waals surface area contributed by atoms with Gasteiger partial charge < -0.3 is 14.5 Å². The first-order valence-corrected chi connectivity index (χ1v) is 10.4. The molecule has 1 saturated heterocycles. The van der Waals surface area contributed by atoms with Crippen molar-refractivity contribution >= 4 is 34.6 Å². The summed E-state index contributed by atoms with van der Waals surface area (Å²) >= 11 is 1.42. The van der Waals surface area contributed by atoms with Crippen molar-refractivity contribution in [1.82, 2.24) is 4.90 Å². The molecule has 0 aliphatic carbocycles. The second-order valence-corrected chi connectivity index (χ2v) is 7.77. The van der Waals surface area contributed by atoms with Gasteiger partial charge in [-0.1, -0.05) is 12.1 Å². The lowest BCUT2D eigenvalue weighted by molar-refractivity contribution is -0.113. The van der Waals surface area contributed by atoms with Crippen LogP contribution in [0.3, 0.4) is 0 Å². The van der Waals surface area contributed by atoms with E-state index in [1.54, 1.807) is 12.1 Å². The third-order valence-corrected chi connectivity index (χ3v) is 5.88. The molecule has 7 heteroatoms. The largest absolute Gasteiger partial charge is 0.494 e. The number of thioether (sulfide) groups is 1. The van der Waals surface area contributed by atoms with Crippen molar-refractivity contribution in [3.63, 3.8) is 0 Å². The van der Waals surface area contributed by atoms with Gasteiger partial charge >= 0.3 is 0 Å². The Morgan fingerprint density at radius 1 is 1.03 bits per heavy atom. The zero-order valence-corrected chi connectivity index (χ0v) is 17.0. The monoisotopic (exact) mass is 411 g/mol. The number of hydrogen-bond donors (Lipinski definition) is 0. The number of carbonyl (C=O) groups excluding carboxylic acids is 1. The van der Waals surface area contributed by atoms with E-state index in [1.807, 2.05) is 37.3 Å². The van der Waals surface area contributed by atoms with Crippen molar-refractivity contribution in [3.8, 4) is 5.75 Å². The van der Waals surface area contributed by atoms with Gasteiger partial charge in [0.05, 0.1) is 11.5 Å². The Labute approximate surface area is 173 Å². The van der Waals surface area contributed by atoms with E-state index >= 15 is 0 Å². The van der Waals surface area contributed by atoms with Gasteiger partial charge in [0.25, 0.3) is 5.91 Å². The molecule has 5 nitrogen and oxygen atoms in total. The maximum absolute atomic E-state index is 13.1. The molecule has 2 aromatic rings. The van der Waals surface area contributed by atoms with Crippen LogP contribution < -0.4 is 9.64 Å². The van der Waals surface area contributed by atoms with Crippen molar-refractivity contribution in [2.75, 3.05) is 37.7 Å². The summed E-state index contributed by atoms with van der Waals surface area (Å²) in [5.41, 5.74) is 1.96. The highest BCUT2D eigenvalue weighted by Gasteiger charge is 2.28. The molecule has 4 rings (SSSR count). The van der Waals surface area contributed by atoms with E-state index in [0.29, 0.717) is 11.5 Å². The summed E-state index contributed by atoms with van der Waals surface area (Å²) in [6.45, 7) is 5.72. The van der Waals surface area contributed by atoms with Crippen molar-refractivity contribution in [2.45, 2.75) is 6.92 Å². The maximum Gasteiger partial charge on any atom is 0.286 e. The number of aliphatic imine (C=N–C) groups is 1. The molecule has 1 fully saturated rings. The minimum atomic E-state index is -0.227. The van der Waals surface area contributed by atoms with E-state index in [0.717, 1.165) is 48.3 Å². The molecule has 0 N–H and O–H groups in total. The molecule has 0 spiro atoms. The normalized spacial score (nSPS) is 18.3. The van der Waals surface area contributed by atoms with E-state index in [9.17, 15) is 9.18 Å². The molecule has 0 bridgehead atoms. The summed E-state index contributed by atoms with van der Waals surface area (Å²) < 4.78 is 18.6. The number of rotatable bonds is 4. The first kappa shape index (κ1) is 19.5. The van der Waals surface area contributed by atoms with Crippen molar-refractivity contribution < 1.29 is 13.9 Å². The Morgan fingerprint density at radius 2 is 1.69 bits per heavy atom. The fraction of sp³-hybridized carbons (Fsp3) is 0.273. The molecule has 1 amide bonds. The van der Waals surface area contributed by atoms with Crippen LogP contribution in [0.4, 0.5) is 10.1 Å². The molecule has 2 aliphatic heterocycles. The zero-order chi connectivity index (χ0) is 20.2. The van der Waals surface area contributed by atoms with Crippen LogP contribution in [0.25, 0.3) is 6.08 Å². The molecule has 0 aromatic heterocycles. The highest BCUT2D eigenvalue weighted by atomic mass is 32.2. The van der Waals surface area contributed by atoms with Crippen LogP contribution in [-0.2, 0) is 4.79 Å². The van der Waals surface area contributed by atoms with Crippen LogP contribution in [0, 0.1) is 5.82 Å². The van der Waals surface area contributed by atoms with Gasteiger partial charge in [0.15, 0.2) is 5.17 Å². The van der Waals surface area contributed by atoms with E-state index < -0.39 is 0 Å². The van der Waals surface area contributed by atoms with Crippen LogP contribution >= 0.6 is 11.8 Å². The Bertz CT molecular complexity index is 934. The number of ether oxygens (including phenoxy) is 1. The fourth-order valence-electron chi connectivity index (χ4n) is 3.32. The molecular formula is C22H22FN3O2S. The summed E-state index contributed by atoms with van der Waals surface area (Å²) in [5, 5.41) is 0.756. The van der Waals surface area contributed by atoms with Crippen LogP contribution in [0.5, 0.6) is 5.75 Å². The second-order valence-electron chi connectivity index (χ2n) is 6.76. The van der Waals surface area contributed by atoms with Gasteiger partial charge in [0, 0.05) is 31.9 Å². The summed E-state index contributed by atoms with van der Waals surface area (Å²) in [6, 6.07) is 14.2. The highest BCUT2D eigenvalue weighted by molar-refractivity contribution is 8.18. The van der Waals surface area contributed by atoms with Crippen molar-refractivity contribution in [3.05, 3.63) is 64.8 Å². The molecule has 0 saturated carbocycles. The number of amidine groups is 1. The van der Waals surface area contributed by atoms with E-state index in [4.69, 9.17) is 4.74 Å². The minimum absolute atomic E-state index is 0.195. The molecule has 0 unspecified atom stereocenters. The lowest BCUT2D eigenvalue weighted by Crippen LogP contribution is -2.47. The van der Waals surface area contributed by atoms with Crippen LogP contribution in [-0.4, -0.2) is 48.8 Å². The first-order chi connectivity index (χ1) is 14.1. The van der Waals surface area contributed by atoms with Gasteiger partial charge in [-0.15, -0.1) is 0 Å². The smallest absolute Gasteiger partial charge is 0.286 e. The topological polar surface area (TPSA) is 45.1 Å². The molecule has 2 aromatic carbocycles. The first-order valence-electron chi connectivity index (χ1n) is 9.63. The van der Waals surface area contributed by atoms with E-state index in [-0.39, 0.29) is 11.7 Å². The van der Waals surface area contributed by atoms with Crippen molar-refractivity contribution in [2.24, 2.45) is 4.99 Å². The number of hydrogen-bond acceptors (Lipinski definition) is 5. The Balaban J connectivity index is 1.36. The lowest BCUT2D eigenvalue weighted by atomic mass is 10.2. The third kappa shape index (κ3) is 4.62. The van der Waals surface area contributed by atoms with Crippen LogP contribution in [0.2, 0.25) is 0 Å². The zero-order valence-electron chi connectivity index (χ0n) is 16.2. The second kappa shape index (κ2) is 8.69. The SMILES string of the molecule is CCOc1ccc(/C=C2\SC(N3CCN(c4ccc(F)cc4)CC3)=NC2=O)cc1. The molecule has 29 heavy (non-hydrogen) atoms. The number of anilines is 1. The molecule has 150 valence electrons. The average Bonchev–Trinajstić information content (AvgIpc) is 3.11. The predicted octanol–water partition coefficient (Wildman–Crippen LogP) is 4.02. The van der Waals surface area contributed by atoms with Crippen LogP contribution in [0.1, 0.15) is 12.5 Å². The number of halogens is 1. The fourth-order valence-corrected chi connectivity index (χ4v) is 4.28. The highest BCUT2D eigenvalue weighted by Crippen LogP contribution is 2.31. The molecular weight excluding hydrogens is 389 g/mol. The number of amides is 1. The summed E-state index contributed by atoms with van der Waals surface area (Å²) in [4.78, 5) is 21.6. The van der Waals surface area contributed by atoms with E-state index in [2.05, 4.69) is 14.8 Å². The van der Waals surface area contributed by atoms with Gasteiger partial charge in [0.1, 0.15) is 11.6 Å². The Morgan fingerprint density at radius 3 is 2.34 bits per heavy atom. The Hall–Kier alpha value is -2.80. The molecule has 2 heterocycles. The van der Waals surface area contributed by atoms with Gasteiger partial charge in [0.2, 0.25) is 0 Å². The van der Waals surface area contributed by atoms with Crippen molar-refractivity contribution in [1.29, 1.82) is 0 Å². The Kier molecular flexibility index (Phi) is 5.85. The standard InChI is InChI=1S/C22H22FN3O2S/c1-2-28-19-9-3-16(4-10-19)15-20-21(27)24-22(29-20)26-13-11-25(12-14-26)18-7-5-17(23)6-8-18/h3-10,15H,2,11-14H2,1H3/b20-15-. The number of carbonyl (C=O) groups is 1. The van der Waals surface area contributed by atoms with Gasteiger partial charge in [-0.05, 0) is 66.7 Å². The quantitative estimate of drug-likeness (QED) is 0.711. The van der Waals surface area contributed by atoms with Crippen LogP contribution in [0.15, 0.2) is 58.4 Å². The average molecular weight is 412 g/mol. The number of nitrogens with zero attached hydrogens (tertiary/aromatic N) is 3. The lowest BCUT2D eigenvalue weighted by Gasteiger charge is -2.36. The number of benzene rings is 2.